The molecule has 172 valence electrons. The summed E-state index contributed by atoms with van der Waals surface area (Å²) in [6.45, 7) is 5.96. The van der Waals surface area contributed by atoms with Gasteiger partial charge in [0, 0.05) is 33.7 Å². The maximum Gasteiger partial charge on any atom is 0.336 e. The third kappa shape index (κ3) is 4.74. The number of nitrogens with one attached hydrogen (secondary N) is 1. The van der Waals surface area contributed by atoms with E-state index < -0.39 is 23.8 Å². The summed E-state index contributed by atoms with van der Waals surface area (Å²) in [5, 5.41) is 3.68. The van der Waals surface area contributed by atoms with Gasteiger partial charge in [-0.1, -0.05) is 43.6 Å². The zero-order valence-electron chi connectivity index (χ0n) is 18.7. The molecule has 0 fully saturated rings. The maximum atomic E-state index is 13.6. The maximum absolute atomic E-state index is 13.6. The number of hydrogen-bond donors (Lipinski definition) is 1. The molecule has 3 atom stereocenters. The van der Waals surface area contributed by atoms with E-state index in [0.29, 0.717) is 45.3 Å². The standard InChI is InChI=1S/C24H28ClNO5S/c1-5-32-11-10-31-24(29)19-14(3)26-17-12-13(2)18(23(28)30-4)22(27)21(17)20(19)15-8-6-7-9-16(15)25/h6-9,13,18,20,26H,5,10-12H2,1-4H3/t13-,18+,20-/m0/s1. The SMILES string of the molecule is CCSCCOC(=O)C1=C(C)NC2=C(C(=O)[C@H](C(=O)OC)[C@@H](C)C2)[C@H]1c1ccccc1Cl. The topological polar surface area (TPSA) is 81.7 Å². The number of ether oxygens (including phenoxy) is 2. The van der Waals surface area contributed by atoms with Crippen molar-refractivity contribution in [3.8, 4) is 0 Å². The van der Waals surface area contributed by atoms with Crippen molar-refractivity contribution < 1.29 is 23.9 Å². The second kappa shape index (κ2) is 10.6. The first-order chi connectivity index (χ1) is 15.3. The van der Waals surface area contributed by atoms with E-state index in [9.17, 15) is 14.4 Å². The number of thioether (sulfide) groups is 1. The molecule has 0 radical (unpaired) electrons. The van der Waals surface area contributed by atoms with E-state index >= 15 is 0 Å². The summed E-state index contributed by atoms with van der Waals surface area (Å²) in [5.41, 5.74) is 2.68. The summed E-state index contributed by atoms with van der Waals surface area (Å²) in [4.78, 5) is 39.2. The van der Waals surface area contributed by atoms with Gasteiger partial charge in [-0.2, -0.15) is 11.8 Å². The molecule has 0 bridgehead atoms. The molecule has 1 aliphatic heterocycles. The Morgan fingerprint density at radius 2 is 2.00 bits per heavy atom. The van der Waals surface area contributed by atoms with Gasteiger partial charge >= 0.3 is 11.9 Å². The first kappa shape index (κ1) is 24.4. The Bertz CT molecular complexity index is 986. The average Bonchev–Trinajstić information content (AvgIpc) is 2.75. The molecule has 0 spiro atoms. The molecule has 1 aromatic carbocycles. The number of carbonyl (C=O) groups is 3. The van der Waals surface area contributed by atoms with Gasteiger partial charge in [-0.15, -0.1) is 0 Å². The van der Waals surface area contributed by atoms with Gasteiger partial charge in [0.25, 0.3) is 0 Å². The van der Waals surface area contributed by atoms with E-state index in [1.54, 1.807) is 36.9 Å². The van der Waals surface area contributed by atoms with Crippen LogP contribution < -0.4 is 5.32 Å². The van der Waals surface area contributed by atoms with E-state index in [0.717, 1.165) is 5.75 Å². The fourth-order valence-corrected chi connectivity index (χ4v) is 5.12. The number of ketones is 1. The Balaban J connectivity index is 2.09. The third-order valence-corrected chi connectivity index (χ3v) is 7.05. The number of hydrogen-bond acceptors (Lipinski definition) is 7. The molecule has 6 nitrogen and oxygen atoms in total. The first-order valence-electron chi connectivity index (χ1n) is 10.6. The Morgan fingerprint density at radius 1 is 1.28 bits per heavy atom. The number of halogens is 1. The summed E-state index contributed by atoms with van der Waals surface area (Å²) in [7, 11) is 1.28. The zero-order chi connectivity index (χ0) is 23.4. The van der Waals surface area contributed by atoms with Gasteiger partial charge in [0.15, 0.2) is 5.78 Å². The van der Waals surface area contributed by atoms with Crippen molar-refractivity contribution in [1.82, 2.24) is 5.32 Å². The van der Waals surface area contributed by atoms with Crippen molar-refractivity contribution in [2.75, 3.05) is 25.2 Å². The number of benzene rings is 1. The van der Waals surface area contributed by atoms with Crippen LogP contribution in [0.25, 0.3) is 0 Å². The molecule has 32 heavy (non-hydrogen) atoms. The summed E-state index contributed by atoms with van der Waals surface area (Å²) in [6.07, 6.45) is 0.481. The molecule has 1 heterocycles. The molecular weight excluding hydrogens is 450 g/mol. The van der Waals surface area contributed by atoms with Crippen molar-refractivity contribution in [2.24, 2.45) is 11.8 Å². The molecule has 0 amide bonds. The van der Waals surface area contributed by atoms with Crippen LogP contribution in [0.3, 0.4) is 0 Å². The Hall–Kier alpha value is -2.25. The summed E-state index contributed by atoms with van der Waals surface area (Å²) in [5.74, 6) is -1.68. The molecule has 0 unspecified atom stereocenters. The number of Topliss-reactive ketones (excluding diaryl/α,β-unsaturated/α-hetero) is 1. The lowest BCUT2D eigenvalue weighted by Gasteiger charge is -2.38. The van der Waals surface area contributed by atoms with Crippen molar-refractivity contribution in [3.05, 3.63) is 57.4 Å². The van der Waals surface area contributed by atoms with E-state index in [4.69, 9.17) is 21.1 Å². The first-order valence-corrected chi connectivity index (χ1v) is 12.2. The molecule has 3 rings (SSSR count). The quantitative estimate of drug-likeness (QED) is 0.357. The predicted molar refractivity (Wildman–Crippen MR) is 125 cm³/mol. The highest BCUT2D eigenvalue weighted by Gasteiger charge is 2.47. The van der Waals surface area contributed by atoms with Crippen LogP contribution in [0, 0.1) is 11.8 Å². The van der Waals surface area contributed by atoms with Crippen LogP contribution in [0.5, 0.6) is 0 Å². The molecule has 0 saturated carbocycles. The molecule has 8 heteroatoms. The van der Waals surface area contributed by atoms with Crippen LogP contribution in [0.1, 0.15) is 38.7 Å². The van der Waals surface area contributed by atoms with Crippen LogP contribution in [-0.2, 0) is 23.9 Å². The van der Waals surface area contributed by atoms with Crippen LogP contribution >= 0.6 is 23.4 Å². The Morgan fingerprint density at radius 3 is 2.66 bits per heavy atom. The normalized spacial score (nSPS) is 22.9. The van der Waals surface area contributed by atoms with Crippen LogP contribution in [0.4, 0.5) is 0 Å². The number of allylic oxidation sites excluding steroid dienone is 3. The third-order valence-electron chi connectivity index (χ3n) is 5.84. The highest BCUT2D eigenvalue weighted by Crippen LogP contribution is 2.46. The number of carbonyl (C=O) groups excluding carboxylic acids is 3. The molecule has 1 aliphatic carbocycles. The largest absolute Gasteiger partial charge is 0.468 e. The van der Waals surface area contributed by atoms with Gasteiger partial charge in [0.05, 0.1) is 12.7 Å². The minimum absolute atomic E-state index is 0.236. The van der Waals surface area contributed by atoms with E-state index in [-0.39, 0.29) is 18.3 Å². The fourth-order valence-electron chi connectivity index (χ4n) is 4.39. The van der Waals surface area contributed by atoms with Crippen LogP contribution in [-0.4, -0.2) is 42.9 Å². The number of methoxy groups -OCH3 is 1. The molecular formula is C24H28ClNO5S. The predicted octanol–water partition coefficient (Wildman–Crippen LogP) is 4.25. The lowest BCUT2D eigenvalue weighted by Crippen LogP contribution is -2.43. The molecule has 1 N–H and O–H groups in total. The lowest BCUT2D eigenvalue weighted by molar-refractivity contribution is -0.151. The van der Waals surface area contributed by atoms with Gasteiger partial charge in [-0.05, 0) is 36.6 Å². The molecule has 1 aromatic rings. The van der Waals surface area contributed by atoms with E-state index in [1.807, 2.05) is 19.9 Å². The summed E-state index contributed by atoms with van der Waals surface area (Å²) >= 11 is 8.21. The smallest absolute Gasteiger partial charge is 0.336 e. The zero-order valence-corrected chi connectivity index (χ0v) is 20.3. The van der Waals surface area contributed by atoms with Gasteiger partial charge < -0.3 is 14.8 Å². The average molecular weight is 478 g/mol. The summed E-state index contributed by atoms with van der Waals surface area (Å²) in [6, 6.07) is 7.13. The van der Waals surface area contributed by atoms with Gasteiger partial charge in [-0.25, -0.2) is 4.79 Å². The van der Waals surface area contributed by atoms with Gasteiger partial charge in [-0.3, -0.25) is 9.59 Å². The molecule has 2 aliphatic rings. The minimum atomic E-state index is -0.929. The van der Waals surface area contributed by atoms with Crippen molar-refractivity contribution in [2.45, 2.75) is 33.1 Å². The van der Waals surface area contributed by atoms with Crippen LogP contribution in [0.15, 0.2) is 46.8 Å². The number of esters is 2. The van der Waals surface area contributed by atoms with Crippen LogP contribution in [0.2, 0.25) is 5.02 Å². The Kier molecular flexibility index (Phi) is 8.06. The second-order valence-electron chi connectivity index (χ2n) is 7.89. The number of dihydropyridines is 1. The van der Waals surface area contributed by atoms with E-state index in [1.165, 1.54) is 7.11 Å². The van der Waals surface area contributed by atoms with Gasteiger partial charge in [0.1, 0.15) is 12.5 Å². The Labute approximate surface area is 197 Å². The lowest BCUT2D eigenvalue weighted by atomic mass is 9.69. The van der Waals surface area contributed by atoms with Gasteiger partial charge in [0.2, 0.25) is 0 Å². The van der Waals surface area contributed by atoms with E-state index in [2.05, 4.69) is 5.32 Å². The number of rotatable bonds is 7. The second-order valence-corrected chi connectivity index (χ2v) is 9.69. The van der Waals surface area contributed by atoms with Crippen molar-refractivity contribution in [3.63, 3.8) is 0 Å². The molecule has 0 saturated heterocycles. The molecule has 0 aromatic heterocycles. The van der Waals surface area contributed by atoms with Crippen molar-refractivity contribution >= 4 is 41.1 Å². The summed E-state index contributed by atoms with van der Waals surface area (Å²) < 4.78 is 10.5. The highest BCUT2D eigenvalue weighted by atomic mass is 35.5. The fraction of sp³-hybridized carbons (Fsp3) is 0.458. The monoisotopic (exact) mass is 477 g/mol. The minimum Gasteiger partial charge on any atom is -0.468 e. The van der Waals surface area contributed by atoms with Crippen molar-refractivity contribution in [1.29, 1.82) is 0 Å². The highest BCUT2D eigenvalue weighted by molar-refractivity contribution is 7.99.